The SMILES string of the molecule is CCNC(=O)c1nnc(-c2cc(C(C)C)c(O)cc2O)n1-c1ccc(CN2CCN(C[C@H]3C[C@@H](COc4nc(N5CC6CCC(C5)N6)c5cnc(-c6cc(O)cc7ccccc67)c(F)c5n4)N(C)C3)CC2)cc1. The zero-order valence-corrected chi connectivity index (χ0v) is 41.8. The smallest absolute Gasteiger partial charge is 0.319 e. The second-order valence-corrected chi connectivity index (χ2v) is 20.6. The molecular formula is C55H63FN12O5. The Balaban J connectivity index is 0.737. The summed E-state index contributed by atoms with van der Waals surface area (Å²) in [6.07, 6.45) is 4.80. The number of carbonyl (C=O) groups excluding carboxylic acids is 1. The van der Waals surface area contributed by atoms with Crippen LogP contribution in [0.1, 0.15) is 67.7 Å². The number of benzene rings is 4. The van der Waals surface area contributed by atoms with Gasteiger partial charge in [0.2, 0.25) is 5.82 Å². The van der Waals surface area contributed by atoms with Gasteiger partial charge in [0.25, 0.3) is 5.91 Å². The van der Waals surface area contributed by atoms with E-state index in [4.69, 9.17) is 14.7 Å². The van der Waals surface area contributed by atoms with Gasteiger partial charge in [-0.05, 0) is 97.3 Å². The number of pyridine rings is 1. The van der Waals surface area contributed by atoms with E-state index in [-0.39, 0.29) is 58.2 Å². The first-order chi connectivity index (χ1) is 35.4. The highest BCUT2D eigenvalue weighted by Crippen LogP contribution is 2.40. The lowest BCUT2D eigenvalue weighted by molar-refractivity contribution is 0.0943. The second-order valence-electron chi connectivity index (χ2n) is 20.6. The van der Waals surface area contributed by atoms with Crippen molar-refractivity contribution in [1.82, 2.24) is 55.0 Å². The Kier molecular flexibility index (Phi) is 13.3. The van der Waals surface area contributed by atoms with Gasteiger partial charge in [0.05, 0.1) is 10.9 Å². The summed E-state index contributed by atoms with van der Waals surface area (Å²) >= 11 is 0. The molecule has 2 bridgehead atoms. The largest absolute Gasteiger partial charge is 0.508 e. The zero-order valence-electron chi connectivity index (χ0n) is 41.8. The summed E-state index contributed by atoms with van der Waals surface area (Å²) in [6.45, 7) is 14.5. The number of halogens is 1. The molecule has 5 N–H and O–H groups in total. The fourth-order valence-corrected chi connectivity index (χ4v) is 11.5. The Labute approximate surface area is 423 Å². The summed E-state index contributed by atoms with van der Waals surface area (Å²) in [4.78, 5) is 37.2. The fraction of sp³-hybridized carbons (Fsp3) is 0.418. The van der Waals surface area contributed by atoms with Gasteiger partial charge in [0.1, 0.15) is 40.9 Å². The maximum Gasteiger partial charge on any atom is 0.319 e. The number of phenolic OH excluding ortho intramolecular Hbond substituents is 3. The van der Waals surface area contributed by atoms with E-state index in [9.17, 15) is 20.1 Å². The molecule has 380 valence electrons. The van der Waals surface area contributed by atoms with Crippen LogP contribution >= 0.6 is 0 Å². The number of phenols is 3. The number of likely N-dealkylation sites (N-methyl/N-ethyl adjacent to an activating group) is 1. The number of nitrogens with one attached hydrogen (secondary N) is 2. The molecule has 4 fully saturated rings. The van der Waals surface area contributed by atoms with E-state index in [0.29, 0.717) is 70.6 Å². The minimum absolute atomic E-state index is 0.00595. The van der Waals surface area contributed by atoms with Crippen molar-refractivity contribution < 1.29 is 29.2 Å². The molecule has 17 nitrogen and oxygen atoms in total. The number of amides is 1. The van der Waals surface area contributed by atoms with Gasteiger partial charge in [0.15, 0.2) is 11.6 Å². The highest BCUT2D eigenvalue weighted by molar-refractivity contribution is 6.00. The lowest BCUT2D eigenvalue weighted by Gasteiger charge is -2.36. The van der Waals surface area contributed by atoms with Gasteiger partial charge in [-0.25, -0.2) is 4.39 Å². The number of aromatic nitrogens is 6. The summed E-state index contributed by atoms with van der Waals surface area (Å²) in [7, 11) is 2.14. The minimum atomic E-state index is -0.573. The molecule has 2 unspecified atom stereocenters. The van der Waals surface area contributed by atoms with Crippen molar-refractivity contribution in [3.63, 3.8) is 0 Å². The van der Waals surface area contributed by atoms with Crippen LogP contribution in [0.5, 0.6) is 23.3 Å². The van der Waals surface area contributed by atoms with Crippen LogP contribution in [0.3, 0.4) is 0 Å². The molecule has 11 rings (SSSR count). The van der Waals surface area contributed by atoms with E-state index in [1.165, 1.54) is 6.07 Å². The molecule has 4 atom stereocenters. The molecule has 0 spiro atoms. The van der Waals surface area contributed by atoms with Crippen LogP contribution in [0, 0.1) is 11.7 Å². The third-order valence-electron chi connectivity index (χ3n) is 15.2. The highest BCUT2D eigenvalue weighted by atomic mass is 19.1. The van der Waals surface area contributed by atoms with Crippen molar-refractivity contribution in [3.05, 3.63) is 102 Å². The number of rotatable bonds is 14. The average Bonchev–Trinajstić information content (AvgIpc) is 4.08. The van der Waals surface area contributed by atoms with Gasteiger partial charge in [0, 0.05) is 107 Å². The third-order valence-corrected chi connectivity index (χ3v) is 15.2. The van der Waals surface area contributed by atoms with E-state index >= 15 is 4.39 Å². The summed E-state index contributed by atoms with van der Waals surface area (Å²) in [6, 6.07) is 22.8. The molecule has 0 aliphatic carbocycles. The maximum atomic E-state index is 17.0. The molecule has 7 heterocycles. The molecule has 4 aliphatic heterocycles. The molecule has 0 saturated carbocycles. The predicted molar refractivity (Wildman–Crippen MR) is 278 cm³/mol. The van der Waals surface area contributed by atoms with E-state index in [2.05, 4.69) is 64.6 Å². The van der Waals surface area contributed by atoms with Gasteiger partial charge in [-0.15, -0.1) is 10.2 Å². The van der Waals surface area contributed by atoms with E-state index in [1.807, 2.05) is 57.2 Å². The van der Waals surface area contributed by atoms with Crippen LogP contribution in [0.25, 0.3) is 50.0 Å². The van der Waals surface area contributed by atoms with E-state index < -0.39 is 5.82 Å². The number of piperazine rings is 2. The maximum absolute atomic E-state index is 17.0. The molecule has 1 amide bonds. The van der Waals surface area contributed by atoms with Crippen molar-refractivity contribution >= 4 is 33.4 Å². The summed E-state index contributed by atoms with van der Waals surface area (Å²) in [5.74, 6) is 0.385. The second kappa shape index (κ2) is 20.1. The highest BCUT2D eigenvalue weighted by Gasteiger charge is 2.36. The van der Waals surface area contributed by atoms with Crippen LogP contribution in [0.2, 0.25) is 0 Å². The normalized spacial score (nSPS) is 20.7. The van der Waals surface area contributed by atoms with Crippen molar-refractivity contribution in [3.8, 4) is 51.6 Å². The lowest BCUT2D eigenvalue weighted by Crippen LogP contribution is -2.51. The topological polar surface area (TPSA) is 193 Å². The van der Waals surface area contributed by atoms with Gasteiger partial charge in [-0.3, -0.25) is 24.1 Å². The van der Waals surface area contributed by atoms with Gasteiger partial charge in [-0.2, -0.15) is 9.97 Å². The first-order valence-corrected chi connectivity index (χ1v) is 25.6. The molecule has 18 heteroatoms. The van der Waals surface area contributed by atoms with Crippen LogP contribution in [0.15, 0.2) is 79.0 Å². The summed E-state index contributed by atoms with van der Waals surface area (Å²) in [5, 5.41) is 49.3. The number of hydrogen-bond acceptors (Lipinski definition) is 15. The van der Waals surface area contributed by atoms with Crippen molar-refractivity contribution in [2.24, 2.45) is 5.92 Å². The Morgan fingerprint density at radius 1 is 0.877 bits per heavy atom. The van der Waals surface area contributed by atoms with E-state index in [0.717, 1.165) is 94.5 Å². The van der Waals surface area contributed by atoms with Crippen molar-refractivity contribution in [2.45, 2.75) is 70.6 Å². The van der Waals surface area contributed by atoms with E-state index in [1.54, 1.807) is 29.0 Å². The first kappa shape index (κ1) is 48.3. The first-order valence-electron chi connectivity index (χ1n) is 25.6. The van der Waals surface area contributed by atoms with Crippen molar-refractivity contribution in [2.75, 3.05) is 77.5 Å². The summed E-state index contributed by atoms with van der Waals surface area (Å²) < 4.78 is 25.1. The van der Waals surface area contributed by atoms with Gasteiger partial charge >= 0.3 is 6.01 Å². The van der Waals surface area contributed by atoms with Gasteiger partial charge in [-0.1, -0.05) is 50.2 Å². The standard InChI is InChI=1S/C55H63FN12O5/c1-5-57-54(72)53-63-62-52(44-23-42(32(2)3)46(70)24-47(44)71)68(53)38-14-10-33(11-15-38)27-65-16-18-66(19-17-65)28-34-20-39(64(4)26-34)31-73-55-60-50-45(51(61-55)67-29-36-12-13-37(30-67)59-36)25-58-49(48(50)56)43-22-40(69)21-35-8-6-7-9-41(35)43/h6-11,14-15,21-25,32,34,36-37,39,59,69-71H,5,12-13,16-20,26-31H2,1-4H3,(H,57,72)/t34-,36?,37?,39-/m0/s1. The van der Waals surface area contributed by atoms with Crippen LogP contribution in [-0.4, -0.2) is 156 Å². The minimum Gasteiger partial charge on any atom is -0.508 e. The molecule has 4 aromatic carbocycles. The molecule has 4 aliphatic rings. The molecule has 7 aromatic rings. The lowest BCUT2D eigenvalue weighted by atomic mass is 9.98. The number of carbonyl (C=O) groups is 1. The number of anilines is 1. The Morgan fingerprint density at radius 2 is 1.63 bits per heavy atom. The molecule has 3 aromatic heterocycles. The van der Waals surface area contributed by atoms with Crippen LogP contribution in [0.4, 0.5) is 10.2 Å². The molecule has 0 radical (unpaired) electrons. The molecule has 4 saturated heterocycles. The molecule has 73 heavy (non-hydrogen) atoms. The van der Waals surface area contributed by atoms with Crippen LogP contribution in [-0.2, 0) is 6.54 Å². The summed E-state index contributed by atoms with van der Waals surface area (Å²) in [5.41, 5.74) is 3.59. The number of hydrogen-bond donors (Lipinski definition) is 5. The van der Waals surface area contributed by atoms with Crippen molar-refractivity contribution in [1.29, 1.82) is 0 Å². The predicted octanol–water partition coefficient (Wildman–Crippen LogP) is 6.68. The fourth-order valence-electron chi connectivity index (χ4n) is 11.5. The number of aromatic hydroxyl groups is 3. The quantitative estimate of drug-likeness (QED) is 0.0775. The Hall–Kier alpha value is -6.99. The van der Waals surface area contributed by atoms with Crippen LogP contribution < -0.4 is 20.3 Å². The Bertz CT molecular complexity index is 3170. The van der Waals surface area contributed by atoms with Gasteiger partial charge < -0.3 is 40.5 Å². The number of ether oxygens (including phenoxy) is 1. The number of likely N-dealkylation sites (tertiary alicyclic amines) is 1. The zero-order chi connectivity index (χ0) is 50.5. The monoisotopic (exact) mass is 991 g/mol. The number of nitrogens with zero attached hydrogens (tertiary/aromatic N) is 10. The third kappa shape index (κ3) is 9.71. The average molecular weight is 991 g/mol. The Morgan fingerprint density at radius 3 is 2.38 bits per heavy atom. The number of fused-ring (bicyclic) bond motifs is 4. The molecular weight excluding hydrogens is 928 g/mol.